The Morgan fingerprint density at radius 2 is 0.837 bits per heavy atom. The average Bonchev–Trinajstić information content (AvgIpc) is 3.51. The molecule has 9 rings (SSSR count). The lowest BCUT2D eigenvalue weighted by Gasteiger charge is -2.18. The Bertz CT molecular complexity index is 2740. The molecular formula is C46H27N3. The van der Waals surface area contributed by atoms with Crippen LogP contribution in [0.5, 0.6) is 0 Å². The van der Waals surface area contributed by atoms with Gasteiger partial charge in [-0.3, -0.25) is 0 Å². The van der Waals surface area contributed by atoms with E-state index < -0.39 is 0 Å². The highest BCUT2D eigenvalue weighted by molar-refractivity contribution is 6.21. The van der Waals surface area contributed by atoms with E-state index in [1.165, 1.54) is 21.9 Å². The lowest BCUT2D eigenvalue weighted by atomic mass is 9.85. The van der Waals surface area contributed by atoms with Gasteiger partial charge in [0.15, 0.2) is 0 Å². The van der Waals surface area contributed by atoms with Crippen molar-refractivity contribution in [2.45, 2.75) is 0 Å². The summed E-state index contributed by atoms with van der Waals surface area (Å²) in [4.78, 5) is 0. The lowest BCUT2D eigenvalue weighted by Crippen LogP contribution is -1.98. The van der Waals surface area contributed by atoms with E-state index >= 15 is 0 Å². The molecule has 3 nitrogen and oxygen atoms in total. The van der Waals surface area contributed by atoms with Crippen LogP contribution in [-0.2, 0) is 0 Å². The van der Waals surface area contributed by atoms with Gasteiger partial charge in [0.1, 0.15) is 6.07 Å². The summed E-state index contributed by atoms with van der Waals surface area (Å²) in [5.74, 6) is 0. The minimum Gasteiger partial charge on any atom is -0.308 e. The number of para-hydroxylation sites is 2. The van der Waals surface area contributed by atoms with Crippen molar-refractivity contribution in [1.82, 2.24) is 4.57 Å². The van der Waals surface area contributed by atoms with Crippen molar-refractivity contribution >= 4 is 43.4 Å². The van der Waals surface area contributed by atoms with Gasteiger partial charge in [-0.15, -0.1) is 0 Å². The third-order valence-electron chi connectivity index (χ3n) is 9.67. The van der Waals surface area contributed by atoms with Gasteiger partial charge >= 0.3 is 0 Å². The molecule has 0 aliphatic heterocycles. The molecule has 0 atom stereocenters. The van der Waals surface area contributed by atoms with E-state index in [0.29, 0.717) is 11.1 Å². The monoisotopic (exact) mass is 621 g/mol. The molecule has 226 valence electrons. The van der Waals surface area contributed by atoms with Crippen LogP contribution in [0.15, 0.2) is 164 Å². The number of nitrogens with zero attached hydrogens (tertiary/aromatic N) is 3. The van der Waals surface area contributed by atoms with E-state index in [0.717, 1.165) is 60.5 Å². The molecule has 1 aromatic heterocycles. The molecule has 0 saturated heterocycles. The molecule has 8 aromatic carbocycles. The molecule has 0 aliphatic rings. The number of fused-ring (bicyclic) bond motifs is 5. The zero-order valence-corrected chi connectivity index (χ0v) is 26.4. The fourth-order valence-corrected chi connectivity index (χ4v) is 7.56. The first-order chi connectivity index (χ1) is 24.2. The van der Waals surface area contributed by atoms with Crippen molar-refractivity contribution in [3.8, 4) is 51.2 Å². The van der Waals surface area contributed by atoms with Gasteiger partial charge in [-0.25, -0.2) is 0 Å². The third kappa shape index (κ3) is 4.42. The van der Waals surface area contributed by atoms with Gasteiger partial charge in [0, 0.05) is 16.3 Å². The summed E-state index contributed by atoms with van der Waals surface area (Å²) in [5.41, 5.74) is 10.2. The molecule has 9 aromatic rings. The summed E-state index contributed by atoms with van der Waals surface area (Å²) in [6.45, 7) is 0. The van der Waals surface area contributed by atoms with Gasteiger partial charge in [-0.2, -0.15) is 10.5 Å². The Morgan fingerprint density at radius 1 is 0.367 bits per heavy atom. The maximum Gasteiger partial charge on any atom is 0.101 e. The molecule has 0 amide bonds. The molecule has 3 heteroatoms. The molecule has 0 fully saturated rings. The number of rotatable bonds is 4. The predicted octanol–water partition coefficient (Wildman–Crippen LogP) is 11.8. The first-order valence-corrected chi connectivity index (χ1v) is 16.3. The van der Waals surface area contributed by atoms with E-state index in [-0.39, 0.29) is 0 Å². The van der Waals surface area contributed by atoms with Gasteiger partial charge in [0.25, 0.3) is 0 Å². The molecular weight excluding hydrogens is 595 g/mol. The van der Waals surface area contributed by atoms with Crippen molar-refractivity contribution < 1.29 is 0 Å². The van der Waals surface area contributed by atoms with E-state index in [4.69, 9.17) is 0 Å². The molecule has 0 aliphatic carbocycles. The quantitative estimate of drug-likeness (QED) is 0.184. The zero-order valence-electron chi connectivity index (χ0n) is 26.4. The molecule has 0 unspecified atom stereocenters. The van der Waals surface area contributed by atoms with Crippen molar-refractivity contribution in [3.05, 3.63) is 175 Å². The van der Waals surface area contributed by atoms with Crippen LogP contribution >= 0.6 is 0 Å². The summed E-state index contributed by atoms with van der Waals surface area (Å²) in [6, 6.07) is 61.3. The molecule has 49 heavy (non-hydrogen) atoms. The van der Waals surface area contributed by atoms with Gasteiger partial charge < -0.3 is 4.57 Å². The number of nitriles is 2. The van der Waals surface area contributed by atoms with Crippen LogP contribution in [0, 0.1) is 22.7 Å². The second-order valence-electron chi connectivity index (χ2n) is 12.3. The second-order valence-corrected chi connectivity index (χ2v) is 12.3. The van der Waals surface area contributed by atoms with Crippen LogP contribution in [0.2, 0.25) is 0 Å². The Morgan fingerprint density at radius 3 is 1.39 bits per heavy atom. The van der Waals surface area contributed by atoms with Crippen LogP contribution in [0.3, 0.4) is 0 Å². The molecule has 0 bridgehead atoms. The Balaban J connectivity index is 1.27. The van der Waals surface area contributed by atoms with E-state index in [1.54, 1.807) is 0 Å². The topological polar surface area (TPSA) is 52.5 Å². The highest BCUT2D eigenvalue weighted by Gasteiger charge is 2.19. The number of hydrogen-bond acceptors (Lipinski definition) is 2. The van der Waals surface area contributed by atoms with Gasteiger partial charge in [0.2, 0.25) is 0 Å². The molecule has 0 N–H and O–H groups in total. The maximum atomic E-state index is 10.5. The van der Waals surface area contributed by atoms with Crippen LogP contribution in [0.1, 0.15) is 11.1 Å². The first-order valence-electron chi connectivity index (χ1n) is 16.3. The first kappa shape index (κ1) is 28.3. The minimum atomic E-state index is 0.543. The third-order valence-corrected chi connectivity index (χ3v) is 9.67. The van der Waals surface area contributed by atoms with Crippen LogP contribution in [-0.4, -0.2) is 4.57 Å². The Kier molecular flexibility index (Phi) is 6.58. The normalized spacial score (nSPS) is 11.2. The molecule has 0 radical (unpaired) electrons. The molecule has 1 heterocycles. The summed E-state index contributed by atoms with van der Waals surface area (Å²) < 4.78 is 2.17. The molecule has 0 saturated carbocycles. The largest absolute Gasteiger partial charge is 0.308 e. The van der Waals surface area contributed by atoms with Crippen LogP contribution in [0.4, 0.5) is 0 Å². The summed E-state index contributed by atoms with van der Waals surface area (Å²) in [5, 5.41) is 27.7. The van der Waals surface area contributed by atoms with Gasteiger partial charge in [-0.1, -0.05) is 127 Å². The Hall–Kier alpha value is -6.94. The maximum absolute atomic E-state index is 10.5. The second kappa shape index (κ2) is 11.4. The lowest BCUT2D eigenvalue weighted by molar-refractivity contribution is 1.17. The fourth-order valence-electron chi connectivity index (χ4n) is 7.56. The summed E-state index contributed by atoms with van der Waals surface area (Å²) >= 11 is 0. The minimum absolute atomic E-state index is 0.543. The summed E-state index contributed by atoms with van der Waals surface area (Å²) in [6.07, 6.45) is 0. The number of hydrogen-bond donors (Lipinski definition) is 0. The smallest absolute Gasteiger partial charge is 0.101 e. The van der Waals surface area contributed by atoms with Crippen molar-refractivity contribution in [1.29, 1.82) is 10.5 Å². The zero-order chi connectivity index (χ0) is 32.9. The van der Waals surface area contributed by atoms with Crippen molar-refractivity contribution in [2.24, 2.45) is 0 Å². The standard InChI is InChI=1S/C46H27N3/c47-28-33-23-22-32(46-39-18-6-4-16-37(39)45(30-12-2-1-3-13-30)38-17-5-7-19-40(38)46)27-41(33)31-24-25-42(34(26-31)29-48)49-43-20-10-8-14-35(43)36-15-9-11-21-44(36)49/h1-27H. The van der Waals surface area contributed by atoms with E-state index in [9.17, 15) is 10.5 Å². The SMILES string of the molecule is N#Cc1ccc(-c2c3ccccc3c(-c3ccccc3)c3ccccc23)cc1-c1ccc(-n2c3ccccc3c3ccccc32)c(C#N)c1. The predicted molar refractivity (Wildman–Crippen MR) is 202 cm³/mol. The van der Waals surface area contributed by atoms with E-state index in [2.05, 4.69) is 126 Å². The fraction of sp³-hybridized carbons (Fsp3) is 0. The van der Waals surface area contributed by atoms with Gasteiger partial charge in [0.05, 0.1) is 33.9 Å². The summed E-state index contributed by atoms with van der Waals surface area (Å²) in [7, 11) is 0. The molecule has 0 spiro atoms. The number of benzene rings is 8. The average molecular weight is 622 g/mol. The van der Waals surface area contributed by atoms with Crippen molar-refractivity contribution in [2.75, 3.05) is 0 Å². The van der Waals surface area contributed by atoms with E-state index in [1.807, 2.05) is 54.6 Å². The highest BCUT2D eigenvalue weighted by Crippen LogP contribution is 2.44. The Labute approximate surface area is 283 Å². The van der Waals surface area contributed by atoms with Gasteiger partial charge in [-0.05, 0) is 85.8 Å². The number of aromatic nitrogens is 1. The van der Waals surface area contributed by atoms with Crippen LogP contribution < -0.4 is 0 Å². The highest BCUT2D eigenvalue weighted by atomic mass is 15.0. The van der Waals surface area contributed by atoms with Crippen LogP contribution in [0.25, 0.3) is 82.4 Å². The van der Waals surface area contributed by atoms with Crippen molar-refractivity contribution in [3.63, 3.8) is 0 Å².